The van der Waals surface area contributed by atoms with Crippen LogP contribution < -0.4 is 5.32 Å². The molecular weight excluding hydrogens is 364 g/mol. The number of amides is 1. The number of rotatable bonds is 3. The van der Waals surface area contributed by atoms with Crippen molar-refractivity contribution in [2.24, 2.45) is 0 Å². The highest BCUT2D eigenvalue weighted by molar-refractivity contribution is 6.01. The lowest BCUT2D eigenvalue weighted by Gasteiger charge is -2.29. The maximum absolute atomic E-state index is 12.8. The van der Waals surface area contributed by atoms with Gasteiger partial charge in [0.1, 0.15) is 5.65 Å². The molecule has 2 N–H and O–H groups in total. The Morgan fingerprint density at radius 3 is 2.72 bits per heavy atom. The van der Waals surface area contributed by atoms with Gasteiger partial charge in [-0.3, -0.25) is 14.8 Å². The number of hydrogen-bond donors (Lipinski definition) is 2. The molecular formula is C22H22N6O. The number of carbonyl (C=O) groups excluding carboxylic acids is 1. The average molecular weight is 386 g/mol. The van der Waals surface area contributed by atoms with Crippen LogP contribution in [0.25, 0.3) is 33.2 Å². The molecule has 3 aromatic heterocycles. The molecule has 7 nitrogen and oxygen atoms in total. The van der Waals surface area contributed by atoms with Gasteiger partial charge in [0.25, 0.3) is 5.91 Å². The summed E-state index contributed by atoms with van der Waals surface area (Å²) in [4.78, 5) is 31.5. The number of likely N-dealkylation sites (tertiary alicyclic amines) is 1. The lowest BCUT2D eigenvalue weighted by atomic mass is 10.0. The number of nitrogens with zero attached hydrogens (tertiary/aromatic N) is 4. The first kappa shape index (κ1) is 17.8. The molecule has 1 fully saturated rings. The molecule has 1 amide bonds. The highest BCUT2D eigenvalue weighted by atomic mass is 16.1. The third-order valence-electron chi connectivity index (χ3n) is 5.63. The number of benzene rings is 1. The minimum Gasteiger partial charge on any atom is -0.349 e. The molecule has 29 heavy (non-hydrogen) atoms. The van der Waals surface area contributed by atoms with Gasteiger partial charge in [-0.05, 0) is 56.7 Å². The molecule has 1 aliphatic rings. The number of pyridine rings is 1. The lowest BCUT2D eigenvalue weighted by Crippen LogP contribution is -2.43. The monoisotopic (exact) mass is 386 g/mol. The Kier molecular flexibility index (Phi) is 4.44. The summed E-state index contributed by atoms with van der Waals surface area (Å²) in [7, 11) is 2.11. The number of aromatic amines is 1. The second-order valence-electron chi connectivity index (χ2n) is 7.63. The molecule has 0 aliphatic carbocycles. The van der Waals surface area contributed by atoms with E-state index in [4.69, 9.17) is 0 Å². The summed E-state index contributed by atoms with van der Waals surface area (Å²) in [6.07, 6.45) is 8.89. The molecule has 7 heteroatoms. The van der Waals surface area contributed by atoms with Crippen LogP contribution in [0.2, 0.25) is 0 Å². The summed E-state index contributed by atoms with van der Waals surface area (Å²) in [5.41, 5.74) is 5.04. The Morgan fingerprint density at radius 2 is 1.90 bits per heavy atom. The highest BCUT2D eigenvalue weighted by Crippen LogP contribution is 2.29. The average Bonchev–Trinajstić information content (AvgIpc) is 3.18. The first-order chi connectivity index (χ1) is 14.2. The van der Waals surface area contributed by atoms with E-state index in [0.717, 1.165) is 59.1 Å². The van der Waals surface area contributed by atoms with Gasteiger partial charge in [0, 0.05) is 41.8 Å². The van der Waals surface area contributed by atoms with Crippen molar-refractivity contribution in [3.63, 3.8) is 0 Å². The SMILES string of the molecule is CN1CCC(NC(=O)c2cnc3[nH]cc(-c4ccc5nccnc5c4)c3c2)CC1. The molecule has 0 bridgehead atoms. The first-order valence-electron chi connectivity index (χ1n) is 9.85. The summed E-state index contributed by atoms with van der Waals surface area (Å²) in [5, 5.41) is 4.08. The van der Waals surface area contributed by atoms with Crippen molar-refractivity contribution in [2.45, 2.75) is 18.9 Å². The number of hydrogen-bond acceptors (Lipinski definition) is 5. The van der Waals surface area contributed by atoms with Crippen LogP contribution in [-0.2, 0) is 0 Å². The smallest absolute Gasteiger partial charge is 0.253 e. The van der Waals surface area contributed by atoms with Gasteiger partial charge in [0.05, 0.1) is 16.6 Å². The van der Waals surface area contributed by atoms with Crippen LogP contribution in [0.5, 0.6) is 0 Å². The number of piperidine rings is 1. The van der Waals surface area contributed by atoms with Gasteiger partial charge in [-0.2, -0.15) is 0 Å². The van der Waals surface area contributed by atoms with E-state index in [9.17, 15) is 4.79 Å². The van der Waals surface area contributed by atoms with E-state index in [2.05, 4.69) is 37.2 Å². The zero-order valence-corrected chi connectivity index (χ0v) is 16.2. The Balaban J connectivity index is 1.46. The van der Waals surface area contributed by atoms with Crippen LogP contribution in [0.15, 0.2) is 49.1 Å². The van der Waals surface area contributed by atoms with E-state index in [0.29, 0.717) is 5.56 Å². The molecule has 5 rings (SSSR count). The highest BCUT2D eigenvalue weighted by Gasteiger charge is 2.20. The molecule has 146 valence electrons. The summed E-state index contributed by atoms with van der Waals surface area (Å²) < 4.78 is 0. The van der Waals surface area contributed by atoms with Crippen molar-refractivity contribution in [3.05, 3.63) is 54.6 Å². The molecule has 0 radical (unpaired) electrons. The number of aromatic nitrogens is 4. The maximum atomic E-state index is 12.8. The van der Waals surface area contributed by atoms with Gasteiger partial charge in [-0.1, -0.05) is 6.07 Å². The Morgan fingerprint density at radius 1 is 1.10 bits per heavy atom. The fourth-order valence-electron chi connectivity index (χ4n) is 3.92. The van der Waals surface area contributed by atoms with Crippen molar-refractivity contribution in [1.82, 2.24) is 30.2 Å². The number of carbonyl (C=O) groups is 1. The van der Waals surface area contributed by atoms with E-state index >= 15 is 0 Å². The zero-order chi connectivity index (χ0) is 19.8. The second-order valence-corrected chi connectivity index (χ2v) is 7.63. The topological polar surface area (TPSA) is 86.8 Å². The summed E-state index contributed by atoms with van der Waals surface area (Å²) >= 11 is 0. The molecule has 4 heterocycles. The maximum Gasteiger partial charge on any atom is 0.253 e. The van der Waals surface area contributed by atoms with E-state index in [1.165, 1.54) is 0 Å². The number of H-pyrrole nitrogens is 1. The van der Waals surface area contributed by atoms with Crippen LogP contribution >= 0.6 is 0 Å². The van der Waals surface area contributed by atoms with Crippen LogP contribution in [0, 0.1) is 0 Å². The van der Waals surface area contributed by atoms with Crippen molar-refractivity contribution in [2.75, 3.05) is 20.1 Å². The lowest BCUT2D eigenvalue weighted by molar-refractivity contribution is 0.0916. The van der Waals surface area contributed by atoms with Gasteiger partial charge >= 0.3 is 0 Å². The fourth-order valence-corrected chi connectivity index (χ4v) is 3.92. The van der Waals surface area contributed by atoms with Crippen molar-refractivity contribution >= 4 is 28.0 Å². The van der Waals surface area contributed by atoms with Crippen LogP contribution in [0.3, 0.4) is 0 Å². The normalized spacial score (nSPS) is 15.8. The van der Waals surface area contributed by atoms with Gasteiger partial charge in [-0.15, -0.1) is 0 Å². The van der Waals surface area contributed by atoms with Gasteiger partial charge < -0.3 is 15.2 Å². The Hall–Kier alpha value is -3.32. The molecule has 0 unspecified atom stereocenters. The van der Waals surface area contributed by atoms with Crippen molar-refractivity contribution < 1.29 is 4.79 Å². The van der Waals surface area contributed by atoms with Gasteiger partial charge in [0.2, 0.25) is 0 Å². The number of fused-ring (bicyclic) bond motifs is 2. The van der Waals surface area contributed by atoms with Crippen LogP contribution in [0.1, 0.15) is 23.2 Å². The standard InChI is InChI=1S/C22H22N6O/c1-28-8-4-16(5-9-28)27-22(29)15-10-17-18(13-26-21(17)25-12-15)14-2-3-19-20(11-14)24-7-6-23-19/h2-3,6-7,10-13,16H,4-5,8-9H2,1H3,(H,25,26)(H,27,29). The summed E-state index contributed by atoms with van der Waals surface area (Å²) in [6, 6.07) is 8.13. The molecule has 1 saturated heterocycles. The quantitative estimate of drug-likeness (QED) is 0.565. The van der Waals surface area contributed by atoms with Gasteiger partial charge in [-0.25, -0.2) is 4.98 Å². The van der Waals surface area contributed by atoms with Crippen molar-refractivity contribution in [1.29, 1.82) is 0 Å². The van der Waals surface area contributed by atoms with E-state index < -0.39 is 0 Å². The second kappa shape index (κ2) is 7.25. The van der Waals surface area contributed by atoms with E-state index in [-0.39, 0.29) is 11.9 Å². The number of nitrogens with one attached hydrogen (secondary N) is 2. The molecule has 0 saturated carbocycles. The Labute approximate surface area is 168 Å². The first-order valence-corrected chi connectivity index (χ1v) is 9.85. The summed E-state index contributed by atoms with van der Waals surface area (Å²) in [6.45, 7) is 2.02. The summed E-state index contributed by atoms with van der Waals surface area (Å²) in [5.74, 6) is -0.0644. The molecule has 1 aromatic carbocycles. The van der Waals surface area contributed by atoms with Crippen molar-refractivity contribution in [3.8, 4) is 11.1 Å². The third kappa shape index (κ3) is 3.45. The largest absolute Gasteiger partial charge is 0.349 e. The predicted octanol–water partition coefficient (Wildman–Crippen LogP) is 3.00. The van der Waals surface area contributed by atoms with E-state index in [1.807, 2.05) is 30.5 Å². The zero-order valence-electron chi connectivity index (χ0n) is 16.2. The van der Waals surface area contributed by atoms with Crippen LogP contribution in [-0.4, -0.2) is 56.9 Å². The molecule has 0 spiro atoms. The molecule has 4 aromatic rings. The van der Waals surface area contributed by atoms with E-state index in [1.54, 1.807) is 18.6 Å². The molecule has 1 aliphatic heterocycles. The predicted molar refractivity (Wildman–Crippen MR) is 113 cm³/mol. The van der Waals surface area contributed by atoms with Gasteiger partial charge in [0.15, 0.2) is 0 Å². The molecule has 0 atom stereocenters. The van der Waals surface area contributed by atoms with Crippen LogP contribution in [0.4, 0.5) is 0 Å². The minimum absolute atomic E-state index is 0.0644. The fraction of sp³-hybridized carbons (Fsp3) is 0.273. The minimum atomic E-state index is -0.0644. The Bertz CT molecular complexity index is 1190. The third-order valence-corrected chi connectivity index (χ3v) is 5.63.